The number of morpholine rings is 1. The van der Waals surface area contributed by atoms with Crippen LogP contribution in [0.2, 0.25) is 0 Å². The number of amides is 1. The third-order valence-corrected chi connectivity index (χ3v) is 2.78. The number of rotatable bonds is 4. The summed E-state index contributed by atoms with van der Waals surface area (Å²) in [5, 5.41) is 11.6. The zero-order valence-corrected chi connectivity index (χ0v) is 11.9. The summed E-state index contributed by atoms with van der Waals surface area (Å²) >= 11 is 0. The van der Waals surface area contributed by atoms with Gasteiger partial charge in [0.25, 0.3) is 5.91 Å². The lowest BCUT2D eigenvalue weighted by molar-refractivity contribution is -0.140. The molecule has 0 aromatic carbocycles. The Labute approximate surface area is 118 Å². The van der Waals surface area contributed by atoms with Crippen LogP contribution < -0.4 is 5.32 Å². The standard InChI is InChI=1S/C13H19N3O4/c1-9-7-16(8-10(2)20-9)13(18)11(4-14)5-15-6-12(17)19-3/h5,9-10,15H,6-8H2,1-3H3/b11-5-. The van der Waals surface area contributed by atoms with Crippen molar-refractivity contribution in [1.29, 1.82) is 5.26 Å². The summed E-state index contributed by atoms with van der Waals surface area (Å²) in [5.41, 5.74) is -0.0461. The minimum absolute atomic E-state index is 0.0461. The van der Waals surface area contributed by atoms with Crippen molar-refractivity contribution in [3.63, 3.8) is 0 Å². The molecule has 0 saturated carbocycles. The van der Waals surface area contributed by atoms with Crippen LogP contribution in [0, 0.1) is 11.3 Å². The van der Waals surface area contributed by atoms with Crippen LogP contribution in [-0.4, -0.2) is 55.7 Å². The Morgan fingerprint density at radius 2 is 2.05 bits per heavy atom. The van der Waals surface area contributed by atoms with Crippen molar-refractivity contribution in [2.45, 2.75) is 26.1 Å². The van der Waals surface area contributed by atoms with Crippen LogP contribution in [-0.2, 0) is 19.1 Å². The smallest absolute Gasteiger partial charge is 0.325 e. The van der Waals surface area contributed by atoms with Crippen LogP contribution in [0.3, 0.4) is 0 Å². The van der Waals surface area contributed by atoms with E-state index in [-0.39, 0.29) is 30.2 Å². The number of ether oxygens (including phenoxy) is 2. The third-order valence-electron chi connectivity index (χ3n) is 2.78. The predicted molar refractivity (Wildman–Crippen MR) is 70.3 cm³/mol. The molecule has 0 aromatic rings. The number of methoxy groups -OCH3 is 1. The molecular weight excluding hydrogens is 262 g/mol. The molecule has 20 heavy (non-hydrogen) atoms. The van der Waals surface area contributed by atoms with Crippen LogP contribution in [0.4, 0.5) is 0 Å². The maximum absolute atomic E-state index is 12.2. The highest BCUT2D eigenvalue weighted by Crippen LogP contribution is 2.13. The van der Waals surface area contributed by atoms with Gasteiger partial charge in [-0.15, -0.1) is 0 Å². The highest BCUT2D eigenvalue weighted by atomic mass is 16.5. The van der Waals surface area contributed by atoms with E-state index < -0.39 is 5.97 Å². The predicted octanol–water partition coefficient (Wildman–Crippen LogP) is -0.208. The number of hydrogen-bond donors (Lipinski definition) is 1. The van der Waals surface area contributed by atoms with Gasteiger partial charge in [0.05, 0.1) is 19.3 Å². The number of hydrogen-bond acceptors (Lipinski definition) is 6. The molecule has 1 rings (SSSR count). The molecule has 0 aliphatic carbocycles. The Morgan fingerprint density at radius 1 is 1.45 bits per heavy atom. The molecule has 0 aromatic heterocycles. The number of nitrogens with one attached hydrogen (secondary N) is 1. The van der Waals surface area contributed by atoms with Crippen molar-refractivity contribution in [2.75, 3.05) is 26.7 Å². The maximum Gasteiger partial charge on any atom is 0.325 e. The highest BCUT2D eigenvalue weighted by Gasteiger charge is 2.27. The molecule has 1 fully saturated rings. The van der Waals surface area contributed by atoms with Crippen LogP contribution in [0.5, 0.6) is 0 Å². The van der Waals surface area contributed by atoms with Gasteiger partial charge in [0.2, 0.25) is 0 Å². The normalized spacial score (nSPS) is 22.9. The second-order valence-corrected chi connectivity index (χ2v) is 4.59. The minimum atomic E-state index is -0.473. The molecule has 1 amide bonds. The average molecular weight is 281 g/mol. The van der Waals surface area contributed by atoms with Gasteiger partial charge in [0, 0.05) is 19.3 Å². The van der Waals surface area contributed by atoms with Crippen molar-refractivity contribution in [3.8, 4) is 6.07 Å². The van der Waals surface area contributed by atoms with Gasteiger partial charge in [-0.1, -0.05) is 0 Å². The first-order chi connectivity index (χ1) is 9.47. The van der Waals surface area contributed by atoms with E-state index in [9.17, 15) is 9.59 Å². The molecule has 7 nitrogen and oxygen atoms in total. The third kappa shape index (κ3) is 4.55. The Morgan fingerprint density at radius 3 is 2.55 bits per heavy atom. The first-order valence-electron chi connectivity index (χ1n) is 6.33. The summed E-state index contributed by atoms with van der Waals surface area (Å²) in [6.45, 7) is 4.55. The van der Waals surface area contributed by atoms with Gasteiger partial charge in [-0.25, -0.2) is 0 Å². The maximum atomic E-state index is 12.2. The van der Waals surface area contributed by atoms with E-state index in [1.54, 1.807) is 4.90 Å². The number of esters is 1. The monoisotopic (exact) mass is 281 g/mol. The van der Waals surface area contributed by atoms with Crippen molar-refractivity contribution >= 4 is 11.9 Å². The first-order valence-corrected chi connectivity index (χ1v) is 6.33. The highest BCUT2D eigenvalue weighted by molar-refractivity contribution is 5.97. The van der Waals surface area contributed by atoms with Crippen LogP contribution in [0.25, 0.3) is 0 Å². The molecule has 1 saturated heterocycles. The van der Waals surface area contributed by atoms with E-state index in [0.29, 0.717) is 13.1 Å². The van der Waals surface area contributed by atoms with Gasteiger partial charge >= 0.3 is 5.97 Å². The molecule has 2 unspecified atom stereocenters. The number of carbonyl (C=O) groups excluding carboxylic acids is 2. The molecule has 1 N–H and O–H groups in total. The fourth-order valence-corrected chi connectivity index (χ4v) is 1.96. The first kappa shape index (κ1) is 16.0. The van der Waals surface area contributed by atoms with Crippen LogP contribution in [0.1, 0.15) is 13.8 Å². The van der Waals surface area contributed by atoms with E-state index in [1.165, 1.54) is 13.3 Å². The largest absolute Gasteiger partial charge is 0.468 e. The van der Waals surface area contributed by atoms with Gasteiger partial charge in [-0.3, -0.25) is 9.59 Å². The summed E-state index contributed by atoms with van der Waals surface area (Å²) in [7, 11) is 1.26. The van der Waals surface area contributed by atoms with E-state index >= 15 is 0 Å². The molecule has 1 aliphatic rings. The molecular formula is C13H19N3O4. The van der Waals surface area contributed by atoms with Crippen molar-refractivity contribution in [2.24, 2.45) is 0 Å². The Kier molecular flexibility index (Phi) is 6.00. The SMILES string of the molecule is COC(=O)CN/C=C(/C#N)C(=O)N1CC(C)OC(C)C1. The van der Waals surface area contributed by atoms with Gasteiger partial charge in [-0.05, 0) is 13.8 Å². The fraction of sp³-hybridized carbons (Fsp3) is 0.615. The second-order valence-electron chi connectivity index (χ2n) is 4.59. The molecule has 1 heterocycles. The summed E-state index contributed by atoms with van der Waals surface area (Å²) in [6.07, 6.45) is 1.11. The fourth-order valence-electron chi connectivity index (χ4n) is 1.96. The molecule has 1 aliphatic heterocycles. The van der Waals surface area contributed by atoms with E-state index in [4.69, 9.17) is 10.00 Å². The van der Waals surface area contributed by atoms with Crippen LogP contribution in [0.15, 0.2) is 11.8 Å². The van der Waals surface area contributed by atoms with Gasteiger partial charge in [0.1, 0.15) is 18.2 Å². The molecule has 2 atom stereocenters. The van der Waals surface area contributed by atoms with Gasteiger partial charge < -0.3 is 19.7 Å². The zero-order valence-electron chi connectivity index (χ0n) is 11.9. The minimum Gasteiger partial charge on any atom is -0.468 e. The Hall–Kier alpha value is -2.07. The van der Waals surface area contributed by atoms with Crippen molar-refractivity contribution in [3.05, 3.63) is 11.8 Å². The molecule has 0 bridgehead atoms. The van der Waals surface area contributed by atoms with Crippen molar-refractivity contribution in [1.82, 2.24) is 10.2 Å². The lowest BCUT2D eigenvalue weighted by Crippen LogP contribution is -2.48. The molecule has 7 heteroatoms. The van der Waals surface area contributed by atoms with E-state index in [2.05, 4.69) is 10.1 Å². The van der Waals surface area contributed by atoms with Gasteiger partial charge in [0.15, 0.2) is 0 Å². The molecule has 0 spiro atoms. The summed E-state index contributed by atoms with van der Waals surface area (Å²) in [6, 6.07) is 1.84. The molecule has 110 valence electrons. The van der Waals surface area contributed by atoms with Crippen molar-refractivity contribution < 1.29 is 19.1 Å². The molecule has 0 radical (unpaired) electrons. The average Bonchev–Trinajstić information content (AvgIpc) is 2.41. The Bertz CT molecular complexity index is 431. The number of nitriles is 1. The zero-order chi connectivity index (χ0) is 15.1. The lowest BCUT2D eigenvalue weighted by atomic mass is 10.2. The summed E-state index contributed by atoms with van der Waals surface area (Å²) < 4.78 is 9.98. The van der Waals surface area contributed by atoms with E-state index in [0.717, 1.165) is 0 Å². The topological polar surface area (TPSA) is 91.7 Å². The lowest BCUT2D eigenvalue weighted by Gasteiger charge is -2.35. The van der Waals surface area contributed by atoms with Crippen LogP contribution >= 0.6 is 0 Å². The van der Waals surface area contributed by atoms with Gasteiger partial charge in [-0.2, -0.15) is 5.26 Å². The quantitative estimate of drug-likeness (QED) is 0.435. The number of nitrogens with zero attached hydrogens (tertiary/aromatic N) is 2. The Balaban J connectivity index is 2.64. The summed E-state index contributed by atoms with van der Waals surface area (Å²) in [4.78, 5) is 24.7. The summed E-state index contributed by atoms with van der Waals surface area (Å²) in [5.74, 6) is -0.841. The second kappa shape index (κ2) is 7.50. The number of carbonyl (C=O) groups is 2. The van der Waals surface area contributed by atoms with E-state index in [1.807, 2.05) is 19.9 Å².